The molecule has 6 nitrogen and oxygen atoms in total. The summed E-state index contributed by atoms with van der Waals surface area (Å²) in [5, 5.41) is 13.6. The number of halogens is 3. The van der Waals surface area contributed by atoms with Crippen molar-refractivity contribution >= 4 is 11.5 Å². The van der Waals surface area contributed by atoms with Gasteiger partial charge in [-0.25, -0.2) is 0 Å². The molecular formula is C19H14F3N5O. The molecule has 0 aliphatic rings. The van der Waals surface area contributed by atoms with E-state index in [0.29, 0.717) is 22.6 Å². The highest BCUT2D eigenvalue weighted by Gasteiger charge is 2.37. The fourth-order valence-corrected chi connectivity index (χ4v) is 2.61. The molecular weight excluding hydrogens is 371 g/mol. The average molecular weight is 385 g/mol. The van der Waals surface area contributed by atoms with Gasteiger partial charge < -0.3 is 10.1 Å². The van der Waals surface area contributed by atoms with Crippen molar-refractivity contribution in [3.63, 3.8) is 0 Å². The topological polar surface area (TPSA) is 64.3 Å². The second kappa shape index (κ2) is 7.18. The van der Waals surface area contributed by atoms with Crippen LogP contribution < -0.4 is 10.1 Å². The van der Waals surface area contributed by atoms with Crippen LogP contribution in [-0.2, 0) is 12.7 Å². The Morgan fingerprint density at radius 3 is 2.43 bits per heavy atom. The van der Waals surface area contributed by atoms with Crippen LogP contribution in [0.4, 0.5) is 19.0 Å². The van der Waals surface area contributed by atoms with Crippen LogP contribution in [0.2, 0.25) is 0 Å². The van der Waals surface area contributed by atoms with E-state index in [0.717, 1.165) is 5.56 Å². The quantitative estimate of drug-likeness (QED) is 0.546. The molecule has 0 fully saturated rings. The smallest absolute Gasteiger partial charge is 0.453 e. The second-order valence-electron chi connectivity index (χ2n) is 5.89. The van der Waals surface area contributed by atoms with Gasteiger partial charge in [0, 0.05) is 12.1 Å². The predicted octanol–water partition coefficient (Wildman–Crippen LogP) is 4.55. The van der Waals surface area contributed by atoms with Crippen molar-refractivity contribution in [3.8, 4) is 11.5 Å². The zero-order valence-electron chi connectivity index (χ0n) is 14.4. The lowest BCUT2D eigenvalue weighted by Gasteiger charge is -2.12. The number of anilines is 1. The Bertz CT molecular complexity index is 1100. The first-order chi connectivity index (χ1) is 13.5. The summed E-state index contributed by atoms with van der Waals surface area (Å²) in [5.41, 5.74) is 0.846. The Labute approximate surface area is 157 Å². The van der Waals surface area contributed by atoms with Crippen molar-refractivity contribution in [2.45, 2.75) is 12.7 Å². The summed E-state index contributed by atoms with van der Waals surface area (Å²) >= 11 is 0. The van der Waals surface area contributed by atoms with Crippen LogP contribution >= 0.6 is 0 Å². The number of hydrogen-bond donors (Lipinski definition) is 1. The number of alkyl halides is 3. The zero-order chi connectivity index (χ0) is 19.6. The van der Waals surface area contributed by atoms with Gasteiger partial charge in [-0.15, -0.1) is 15.3 Å². The predicted molar refractivity (Wildman–Crippen MR) is 96.1 cm³/mol. The van der Waals surface area contributed by atoms with Gasteiger partial charge in [0.25, 0.3) is 5.82 Å². The molecule has 2 aromatic heterocycles. The van der Waals surface area contributed by atoms with Gasteiger partial charge in [0.15, 0.2) is 5.65 Å². The van der Waals surface area contributed by atoms with Gasteiger partial charge >= 0.3 is 6.18 Å². The number of para-hydroxylation sites is 2. The molecule has 0 bridgehead atoms. The summed E-state index contributed by atoms with van der Waals surface area (Å²) in [6, 6.07) is 19.7. The molecule has 0 amide bonds. The fraction of sp³-hybridized carbons (Fsp3) is 0.105. The lowest BCUT2D eigenvalue weighted by atomic mass is 10.2. The van der Waals surface area contributed by atoms with Crippen molar-refractivity contribution < 1.29 is 17.9 Å². The first kappa shape index (κ1) is 17.8. The largest absolute Gasteiger partial charge is 0.457 e. The third-order valence-corrected chi connectivity index (χ3v) is 3.92. The minimum absolute atomic E-state index is 0.0192. The highest BCUT2D eigenvalue weighted by atomic mass is 19.4. The summed E-state index contributed by atoms with van der Waals surface area (Å²) in [5.74, 6) is 0.419. The van der Waals surface area contributed by atoms with Crippen molar-refractivity contribution in [2.24, 2.45) is 0 Å². The Morgan fingerprint density at radius 1 is 0.893 bits per heavy atom. The maximum absolute atomic E-state index is 13.0. The van der Waals surface area contributed by atoms with E-state index in [1.165, 1.54) is 6.07 Å². The standard InChI is InChI=1S/C19H14F3N5O/c20-19(21,22)18-25-24-17-11-10-16(26-27(17)18)23-12-13-6-4-5-9-15(13)28-14-7-2-1-3-8-14/h1-11H,12H2,(H,23,26). The monoisotopic (exact) mass is 385 g/mol. The van der Waals surface area contributed by atoms with Crippen molar-refractivity contribution in [1.82, 2.24) is 19.8 Å². The van der Waals surface area contributed by atoms with E-state index in [1.54, 1.807) is 6.07 Å². The number of nitrogens with zero attached hydrogens (tertiary/aromatic N) is 4. The number of fused-ring (bicyclic) bond motifs is 1. The van der Waals surface area contributed by atoms with E-state index in [9.17, 15) is 13.2 Å². The Morgan fingerprint density at radius 2 is 1.64 bits per heavy atom. The molecule has 1 N–H and O–H groups in total. The van der Waals surface area contributed by atoms with Crippen molar-refractivity contribution in [1.29, 1.82) is 0 Å². The molecule has 0 saturated carbocycles. The molecule has 9 heteroatoms. The van der Waals surface area contributed by atoms with Crippen molar-refractivity contribution in [2.75, 3.05) is 5.32 Å². The normalized spacial score (nSPS) is 11.5. The third-order valence-electron chi connectivity index (χ3n) is 3.92. The molecule has 0 unspecified atom stereocenters. The second-order valence-corrected chi connectivity index (χ2v) is 5.89. The van der Waals surface area contributed by atoms with Crippen LogP contribution in [0.1, 0.15) is 11.4 Å². The lowest BCUT2D eigenvalue weighted by molar-refractivity contribution is -0.146. The van der Waals surface area contributed by atoms with Crippen LogP contribution in [0.5, 0.6) is 11.5 Å². The zero-order valence-corrected chi connectivity index (χ0v) is 14.4. The van der Waals surface area contributed by atoms with Gasteiger partial charge in [-0.1, -0.05) is 36.4 Å². The number of benzene rings is 2. The number of ether oxygens (including phenoxy) is 1. The van der Waals surface area contributed by atoms with Gasteiger partial charge in [-0.3, -0.25) is 0 Å². The van der Waals surface area contributed by atoms with Crippen LogP contribution in [0, 0.1) is 0 Å². The summed E-state index contributed by atoms with van der Waals surface area (Å²) in [6.07, 6.45) is -4.64. The minimum atomic E-state index is -4.64. The number of aromatic nitrogens is 4. The van der Waals surface area contributed by atoms with Crippen LogP contribution in [0.25, 0.3) is 5.65 Å². The maximum atomic E-state index is 13.0. The SMILES string of the molecule is FC(F)(F)c1nnc2ccc(NCc3ccccc3Oc3ccccc3)nn12. The fourth-order valence-electron chi connectivity index (χ4n) is 2.61. The number of nitrogens with one attached hydrogen (secondary N) is 1. The van der Waals surface area contributed by atoms with Gasteiger partial charge in [-0.2, -0.15) is 17.7 Å². The summed E-state index contributed by atoms with van der Waals surface area (Å²) < 4.78 is 45.5. The first-order valence-electron chi connectivity index (χ1n) is 8.35. The molecule has 0 aliphatic carbocycles. The third kappa shape index (κ3) is 3.73. The maximum Gasteiger partial charge on any atom is 0.453 e. The molecule has 0 aliphatic heterocycles. The molecule has 4 aromatic rings. The van der Waals surface area contributed by atoms with E-state index in [2.05, 4.69) is 20.6 Å². The Balaban J connectivity index is 1.55. The van der Waals surface area contributed by atoms with Gasteiger partial charge in [0.2, 0.25) is 0 Å². The molecule has 0 spiro atoms. The number of rotatable bonds is 5. The molecule has 142 valence electrons. The molecule has 0 atom stereocenters. The van der Waals surface area contributed by atoms with Crippen LogP contribution in [-0.4, -0.2) is 19.8 Å². The molecule has 2 aromatic carbocycles. The highest BCUT2D eigenvalue weighted by Crippen LogP contribution is 2.28. The summed E-state index contributed by atoms with van der Waals surface area (Å²) in [7, 11) is 0. The molecule has 0 radical (unpaired) electrons. The van der Waals surface area contributed by atoms with Crippen LogP contribution in [0.3, 0.4) is 0 Å². The summed E-state index contributed by atoms with van der Waals surface area (Å²) in [4.78, 5) is 0. The minimum Gasteiger partial charge on any atom is -0.457 e. The van der Waals surface area contributed by atoms with Gasteiger partial charge in [0.05, 0.1) is 0 Å². The van der Waals surface area contributed by atoms with E-state index in [4.69, 9.17) is 4.74 Å². The lowest BCUT2D eigenvalue weighted by Crippen LogP contribution is -2.13. The van der Waals surface area contributed by atoms with E-state index < -0.39 is 12.0 Å². The molecule has 2 heterocycles. The van der Waals surface area contributed by atoms with E-state index >= 15 is 0 Å². The molecule has 4 rings (SSSR count). The van der Waals surface area contributed by atoms with E-state index in [-0.39, 0.29) is 11.5 Å². The first-order valence-corrected chi connectivity index (χ1v) is 8.35. The van der Waals surface area contributed by atoms with Gasteiger partial charge in [0.1, 0.15) is 17.3 Å². The molecule has 28 heavy (non-hydrogen) atoms. The Hall–Kier alpha value is -3.62. The van der Waals surface area contributed by atoms with Gasteiger partial charge in [-0.05, 0) is 30.3 Å². The van der Waals surface area contributed by atoms with Crippen molar-refractivity contribution in [3.05, 3.63) is 78.1 Å². The summed E-state index contributed by atoms with van der Waals surface area (Å²) in [6.45, 7) is 0.311. The molecule has 0 saturated heterocycles. The van der Waals surface area contributed by atoms with E-state index in [1.807, 2.05) is 54.6 Å². The Kier molecular flexibility index (Phi) is 4.56. The van der Waals surface area contributed by atoms with Crippen LogP contribution in [0.15, 0.2) is 66.7 Å². The average Bonchev–Trinajstić information content (AvgIpc) is 3.12. The highest BCUT2D eigenvalue weighted by molar-refractivity contribution is 5.46. The number of hydrogen-bond acceptors (Lipinski definition) is 5.